The van der Waals surface area contributed by atoms with E-state index in [0.29, 0.717) is 16.2 Å². The van der Waals surface area contributed by atoms with Gasteiger partial charge in [-0.15, -0.1) is 11.8 Å². The van der Waals surface area contributed by atoms with Crippen LogP contribution in [-0.4, -0.2) is 0 Å². The van der Waals surface area contributed by atoms with Crippen molar-refractivity contribution in [3.8, 4) is 0 Å². The van der Waals surface area contributed by atoms with Gasteiger partial charge in [0.05, 0.1) is 0 Å². The van der Waals surface area contributed by atoms with E-state index in [1.54, 1.807) is 12.1 Å². The summed E-state index contributed by atoms with van der Waals surface area (Å²) < 4.78 is 28.2. The number of hydrogen-bond donors (Lipinski definition) is 0. The monoisotopic (exact) mass is 290 g/mol. The molecule has 3 rings (SSSR count). The van der Waals surface area contributed by atoms with Crippen molar-refractivity contribution in [3.63, 3.8) is 0 Å². The third-order valence-corrected chi connectivity index (χ3v) is 5.00. The van der Waals surface area contributed by atoms with E-state index in [4.69, 9.17) is 0 Å². The molecule has 0 fully saturated rings. The lowest BCUT2D eigenvalue weighted by atomic mass is 9.80. The first-order valence-electron chi connectivity index (χ1n) is 6.78. The summed E-state index contributed by atoms with van der Waals surface area (Å²) in [4.78, 5) is 0.668. The molecule has 1 atom stereocenters. The lowest BCUT2D eigenvalue weighted by Crippen LogP contribution is -2.11. The van der Waals surface area contributed by atoms with Crippen LogP contribution in [0.15, 0.2) is 41.3 Å². The van der Waals surface area contributed by atoms with Gasteiger partial charge >= 0.3 is 0 Å². The van der Waals surface area contributed by atoms with Crippen LogP contribution in [0.5, 0.6) is 0 Å². The molecule has 0 aliphatic carbocycles. The fourth-order valence-electron chi connectivity index (χ4n) is 2.97. The Morgan fingerprint density at radius 3 is 2.35 bits per heavy atom. The molecule has 0 unspecified atom stereocenters. The van der Waals surface area contributed by atoms with Crippen LogP contribution in [0.2, 0.25) is 0 Å². The third kappa shape index (κ3) is 2.14. The van der Waals surface area contributed by atoms with Crippen LogP contribution in [0.3, 0.4) is 0 Å². The summed E-state index contributed by atoms with van der Waals surface area (Å²) in [6, 6.07) is 10.4. The number of hydrogen-bond acceptors (Lipinski definition) is 1. The van der Waals surface area contributed by atoms with Crippen LogP contribution in [0, 0.1) is 17.6 Å². The summed E-state index contributed by atoms with van der Waals surface area (Å²) in [5, 5.41) is 0. The van der Waals surface area contributed by atoms with Crippen LogP contribution in [0.4, 0.5) is 8.78 Å². The molecular weight excluding hydrogens is 274 g/mol. The molecule has 0 aromatic heterocycles. The Labute approximate surface area is 122 Å². The van der Waals surface area contributed by atoms with E-state index in [9.17, 15) is 8.78 Å². The second kappa shape index (κ2) is 5.21. The first-order chi connectivity index (χ1) is 9.59. The van der Waals surface area contributed by atoms with E-state index >= 15 is 0 Å². The Bertz CT molecular complexity index is 596. The van der Waals surface area contributed by atoms with Crippen molar-refractivity contribution in [1.29, 1.82) is 0 Å². The standard InChI is InChI=1S/C17H16F2S/c1-10(2)16-11-5-3-7-14(18)13(11)9-20-17-12(16)6-4-8-15(17)19/h3-8,10,16H,9H2,1-2H3/t16-/m0/s1. The van der Waals surface area contributed by atoms with E-state index in [0.717, 1.165) is 11.1 Å². The van der Waals surface area contributed by atoms with Crippen LogP contribution in [-0.2, 0) is 5.75 Å². The highest BCUT2D eigenvalue weighted by Gasteiger charge is 2.29. The Kier molecular flexibility index (Phi) is 3.55. The molecule has 0 N–H and O–H groups in total. The zero-order chi connectivity index (χ0) is 14.3. The largest absolute Gasteiger partial charge is 0.207 e. The van der Waals surface area contributed by atoms with E-state index in [2.05, 4.69) is 13.8 Å². The van der Waals surface area contributed by atoms with E-state index in [1.807, 2.05) is 12.1 Å². The van der Waals surface area contributed by atoms with Crippen LogP contribution in [0.1, 0.15) is 36.5 Å². The molecule has 0 saturated carbocycles. The van der Waals surface area contributed by atoms with Crippen LogP contribution >= 0.6 is 11.8 Å². The van der Waals surface area contributed by atoms with E-state index in [-0.39, 0.29) is 23.5 Å². The van der Waals surface area contributed by atoms with Crippen molar-refractivity contribution < 1.29 is 8.78 Å². The smallest absolute Gasteiger partial charge is 0.137 e. The van der Waals surface area contributed by atoms with Gasteiger partial charge in [-0.3, -0.25) is 0 Å². The lowest BCUT2D eigenvalue weighted by molar-refractivity contribution is 0.534. The minimum atomic E-state index is -0.202. The predicted molar refractivity (Wildman–Crippen MR) is 79.0 cm³/mol. The number of rotatable bonds is 1. The Balaban J connectivity index is 2.27. The second-order valence-electron chi connectivity index (χ2n) is 5.48. The minimum absolute atomic E-state index is 0.0430. The highest BCUT2D eigenvalue weighted by atomic mass is 32.2. The van der Waals surface area contributed by atoms with Gasteiger partial charge in [0.15, 0.2) is 0 Å². The third-order valence-electron chi connectivity index (χ3n) is 3.85. The number of fused-ring (bicyclic) bond motifs is 2. The molecule has 1 aliphatic heterocycles. The molecule has 20 heavy (non-hydrogen) atoms. The second-order valence-corrected chi connectivity index (χ2v) is 6.46. The molecule has 0 bridgehead atoms. The van der Waals surface area contributed by atoms with E-state index < -0.39 is 0 Å². The van der Waals surface area contributed by atoms with Crippen LogP contribution in [0.25, 0.3) is 0 Å². The summed E-state index contributed by atoms with van der Waals surface area (Å²) in [5.41, 5.74) is 2.69. The van der Waals surface area contributed by atoms with Gasteiger partial charge in [-0.05, 0) is 29.2 Å². The zero-order valence-corrected chi connectivity index (χ0v) is 12.3. The molecule has 0 saturated heterocycles. The van der Waals surface area contributed by atoms with Crippen molar-refractivity contribution in [1.82, 2.24) is 0 Å². The zero-order valence-electron chi connectivity index (χ0n) is 11.5. The molecule has 0 amide bonds. The molecule has 0 spiro atoms. The summed E-state index contributed by atoms with van der Waals surface area (Å²) >= 11 is 1.40. The number of thioether (sulfide) groups is 1. The van der Waals surface area contributed by atoms with Crippen molar-refractivity contribution in [2.75, 3.05) is 0 Å². The van der Waals surface area contributed by atoms with Crippen molar-refractivity contribution in [2.24, 2.45) is 5.92 Å². The quantitative estimate of drug-likeness (QED) is 0.681. The first-order valence-corrected chi connectivity index (χ1v) is 7.76. The average Bonchev–Trinajstić information content (AvgIpc) is 2.57. The molecule has 0 nitrogen and oxygen atoms in total. The van der Waals surface area contributed by atoms with Crippen LogP contribution < -0.4 is 0 Å². The van der Waals surface area contributed by atoms with Gasteiger partial charge in [-0.1, -0.05) is 38.1 Å². The van der Waals surface area contributed by atoms with Gasteiger partial charge in [0, 0.05) is 22.1 Å². The average molecular weight is 290 g/mol. The molecule has 0 radical (unpaired) electrons. The first kappa shape index (κ1) is 13.6. The maximum absolute atomic E-state index is 14.1. The highest BCUT2D eigenvalue weighted by molar-refractivity contribution is 7.98. The molecule has 1 aliphatic rings. The summed E-state index contributed by atoms with van der Waals surface area (Å²) in [6.07, 6.45) is 0. The lowest BCUT2D eigenvalue weighted by Gasteiger charge is -2.23. The maximum atomic E-state index is 14.1. The summed E-state index contributed by atoms with van der Waals surface area (Å²) in [6.45, 7) is 4.20. The number of benzene rings is 2. The molecule has 2 aromatic carbocycles. The predicted octanol–water partition coefficient (Wildman–Crippen LogP) is 5.36. The fraction of sp³-hybridized carbons (Fsp3) is 0.294. The summed E-state index contributed by atoms with van der Waals surface area (Å²) in [5.74, 6) is 0.426. The molecule has 104 valence electrons. The molecule has 3 heteroatoms. The Morgan fingerprint density at radius 1 is 1.00 bits per heavy atom. The van der Waals surface area contributed by atoms with E-state index in [1.165, 1.54) is 23.9 Å². The highest BCUT2D eigenvalue weighted by Crippen LogP contribution is 2.45. The van der Waals surface area contributed by atoms with Crippen molar-refractivity contribution >= 4 is 11.8 Å². The van der Waals surface area contributed by atoms with Gasteiger partial charge in [0.2, 0.25) is 0 Å². The van der Waals surface area contributed by atoms with Gasteiger partial charge in [-0.25, -0.2) is 8.78 Å². The van der Waals surface area contributed by atoms with Gasteiger partial charge < -0.3 is 0 Å². The SMILES string of the molecule is CC(C)[C@H]1c2cccc(F)c2CSc2c(F)cccc21. The van der Waals surface area contributed by atoms with Crippen molar-refractivity contribution in [3.05, 3.63) is 64.7 Å². The van der Waals surface area contributed by atoms with Gasteiger partial charge in [0.25, 0.3) is 0 Å². The Morgan fingerprint density at radius 2 is 1.65 bits per heavy atom. The maximum Gasteiger partial charge on any atom is 0.137 e. The molecule has 2 aromatic rings. The fourth-order valence-corrected chi connectivity index (χ4v) is 4.13. The Hall–Kier alpha value is -1.35. The minimum Gasteiger partial charge on any atom is -0.207 e. The topological polar surface area (TPSA) is 0 Å². The molecular formula is C17H16F2S. The normalized spacial score (nSPS) is 17.6. The van der Waals surface area contributed by atoms with Gasteiger partial charge in [0.1, 0.15) is 11.6 Å². The van der Waals surface area contributed by atoms with Gasteiger partial charge in [-0.2, -0.15) is 0 Å². The van der Waals surface area contributed by atoms with Crippen molar-refractivity contribution in [2.45, 2.75) is 30.4 Å². The number of halogens is 2. The summed E-state index contributed by atoms with van der Waals surface area (Å²) in [7, 11) is 0. The molecule has 1 heterocycles.